The third kappa shape index (κ3) is 3.13. The number of fused-ring (bicyclic) bond motifs is 1. The van der Waals surface area contributed by atoms with Crippen molar-refractivity contribution in [3.63, 3.8) is 0 Å². The summed E-state index contributed by atoms with van der Waals surface area (Å²) < 4.78 is 1.69. The van der Waals surface area contributed by atoms with Gasteiger partial charge >= 0.3 is 6.03 Å². The molecule has 0 aromatic carbocycles. The van der Waals surface area contributed by atoms with Crippen LogP contribution in [0.5, 0.6) is 0 Å². The zero-order chi connectivity index (χ0) is 17.2. The van der Waals surface area contributed by atoms with Gasteiger partial charge in [0.25, 0.3) is 0 Å². The molecule has 2 aromatic rings. The SMILES string of the molecule is O=C(Nc1nnc2cnccn12)C1CCN(C(=O)N2CCCC2)CC1. The van der Waals surface area contributed by atoms with Crippen molar-refractivity contribution in [2.75, 3.05) is 31.5 Å². The van der Waals surface area contributed by atoms with Crippen LogP contribution in [0.15, 0.2) is 18.6 Å². The van der Waals surface area contributed by atoms with E-state index in [1.807, 2.05) is 9.80 Å². The van der Waals surface area contributed by atoms with Crippen molar-refractivity contribution in [3.05, 3.63) is 18.6 Å². The van der Waals surface area contributed by atoms with Gasteiger partial charge in [-0.05, 0) is 25.7 Å². The van der Waals surface area contributed by atoms with Crippen molar-refractivity contribution < 1.29 is 9.59 Å². The molecular weight excluding hydrogens is 322 g/mol. The molecule has 132 valence electrons. The second-order valence-corrected chi connectivity index (χ2v) is 6.56. The molecule has 0 aliphatic carbocycles. The fraction of sp³-hybridized carbons (Fsp3) is 0.562. The number of carbonyl (C=O) groups excluding carboxylic acids is 2. The summed E-state index contributed by atoms with van der Waals surface area (Å²) in [6.45, 7) is 2.96. The van der Waals surface area contributed by atoms with Gasteiger partial charge in [-0.15, -0.1) is 10.2 Å². The number of anilines is 1. The van der Waals surface area contributed by atoms with Gasteiger partial charge in [-0.2, -0.15) is 0 Å². The quantitative estimate of drug-likeness (QED) is 0.877. The van der Waals surface area contributed by atoms with Crippen LogP contribution in [0.2, 0.25) is 0 Å². The Bertz CT molecular complexity index is 776. The predicted octanol–water partition coefficient (Wildman–Crippen LogP) is 0.991. The highest BCUT2D eigenvalue weighted by molar-refractivity contribution is 5.91. The Hall–Kier alpha value is -2.71. The molecule has 0 saturated carbocycles. The lowest BCUT2D eigenvalue weighted by molar-refractivity contribution is -0.121. The van der Waals surface area contributed by atoms with E-state index in [2.05, 4.69) is 20.5 Å². The number of carbonyl (C=O) groups is 2. The Kier molecular flexibility index (Phi) is 4.21. The van der Waals surface area contributed by atoms with Crippen molar-refractivity contribution >= 4 is 23.5 Å². The normalized spacial score (nSPS) is 18.7. The van der Waals surface area contributed by atoms with Gasteiger partial charge in [0.05, 0.1) is 6.20 Å². The molecule has 2 aliphatic rings. The number of aromatic nitrogens is 4. The van der Waals surface area contributed by atoms with E-state index < -0.39 is 0 Å². The smallest absolute Gasteiger partial charge is 0.319 e. The summed E-state index contributed by atoms with van der Waals surface area (Å²) >= 11 is 0. The van der Waals surface area contributed by atoms with E-state index >= 15 is 0 Å². The highest BCUT2D eigenvalue weighted by atomic mass is 16.2. The molecule has 2 aromatic heterocycles. The van der Waals surface area contributed by atoms with E-state index in [4.69, 9.17) is 0 Å². The Morgan fingerprint density at radius 2 is 1.76 bits per heavy atom. The molecule has 0 spiro atoms. The first-order valence-corrected chi connectivity index (χ1v) is 8.72. The van der Waals surface area contributed by atoms with Crippen LogP contribution in [0.1, 0.15) is 25.7 Å². The Labute approximate surface area is 145 Å². The summed E-state index contributed by atoms with van der Waals surface area (Å²) in [5, 5.41) is 10.8. The van der Waals surface area contributed by atoms with E-state index in [0.717, 1.165) is 25.9 Å². The minimum absolute atomic E-state index is 0.0700. The summed E-state index contributed by atoms with van der Waals surface area (Å²) in [6.07, 6.45) is 8.44. The number of nitrogens with one attached hydrogen (secondary N) is 1. The second kappa shape index (κ2) is 6.66. The molecule has 0 atom stereocenters. The van der Waals surface area contributed by atoms with Crippen LogP contribution in [0.25, 0.3) is 5.65 Å². The van der Waals surface area contributed by atoms with Gasteiger partial charge in [0.2, 0.25) is 11.9 Å². The second-order valence-electron chi connectivity index (χ2n) is 6.56. The summed E-state index contributed by atoms with van der Waals surface area (Å²) in [5.74, 6) is 0.217. The van der Waals surface area contributed by atoms with Crippen LogP contribution in [0.3, 0.4) is 0 Å². The third-order valence-corrected chi connectivity index (χ3v) is 4.96. The van der Waals surface area contributed by atoms with Gasteiger partial charge < -0.3 is 9.80 Å². The number of hydrogen-bond donors (Lipinski definition) is 1. The fourth-order valence-electron chi connectivity index (χ4n) is 3.49. The van der Waals surface area contributed by atoms with Gasteiger partial charge in [-0.25, -0.2) is 4.79 Å². The monoisotopic (exact) mass is 343 g/mol. The summed E-state index contributed by atoms with van der Waals surface area (Å²) in [6, 6.07) is 0.118. The van der Waals surface area contributed by atoms with Crippen molar-refractivity contribution in [1.29, 1.82) is 0 Å². The maximum absolute atomic E-state index is 12.5. The van der Waals surface area contributed by atoms with E-state index in [1.54, 1.807) is 23.0 Å². The van der Waals surface area contributed by atoms with Crippen LogP contribution in [-0.2, 0) is 4.79 Å². The largest absolute Gasteiger partial charge is 0.325 e. The van der Waals surface area contributed by atoms with E-state index in [-0.39, 0.29) is 17.9 Å². The minimum Gasteiger partial charge on any atom is -0.325 e. The van der Waals surface area contributed by atoms with Crippen LogP contribution in [0, 0.1) is 5.92 Å². The van der Waals surface area contributed by atoms with Gasteiger partial charge in [-0.1, -0.05) is 0 Å². The molecule has 2 fully saturated rings. The molecule has 0 radical (unpaired) electrons. The summed E-state index contributed by atoms with van der Waals surface area (Å²) in [7, 11) is 0. The molecule has 3 amide bonds. The highest BCUT2D eigenvalue weighted by Gasteiger charge is 2.30. The molecule has 9 heteroatoms. The zero-order valence-corrected chi connectivity index (χ0v) is 14.0. The molecule has 9 nitrogen and oxygen atoms in total. The van der Waals surface area contributed by atoms with E-state index in [1.165, 1.54) is 0 Å². The average molecular weight is 343 g/mol. The van der Waals surface area contributed by atoms with E-state index in [9.17, 15) is 9.59 Å². The minimum atomic E-state index is -0.114. The number of piperidine rings is 1. The molecular formula is C16H21N7O2. The number of hydrogen-bond acceptors (Lipinski definition) is 5. The topological polar surface area (TPSA) is 95.7 Å². The standard InChI is InChI=1S/C16H21N7O2/c24-14(18-15-20-19-13-11-17-5-10-23(13)15)12-3-8-22(9-4-12)16(25)21-6-1-2-7-21/h5,10-12H,1-4,6-9H2,(H,18,20,24). The van der Waals surface area contributed by atoms with Crippen molar-refractivity contribution in [2.45, 2.75) is 25.7 Å². The number of urea groups is 1. The van der Waals surface area contributed by atoms with Crippen LogP contribution < -0.4 is 5.32 Å². The van der Waals surface area contributed by atoms with Crippen molar-refractivity contribution in [1.82, 2.24) is 29.4 Å². The first kappa shape index (κ1) is 15.8. The molecule has 4 rings (SSSR count). The lowest BCUT2D eigenvalue weighted by Gasteiger charge is -2.33. The van der Waals surface area contributed by atoms with Crippen LogP contribution in [-0.4, -0.2) is 67.5 Å². The maximum atomic E-state index is 12.5. The first-order chi connectivity index (χ1) is 12.2. The molecule has 25 heavy (non-hydrogen) atoms. The highest BCUT2D eigenvalue weighted by Crippen LogP contribution is 2.21. The molecule has 4 heterocycles. The Morgan fingerprint density at radius 1 is 1.04 bits per heavy atom. The zero-order valence-electron chi connectivity index (χ0n) is 14.0. The van der Waals surface area contributed by atoms with Crippen LogP contribution in [0.4, 0.5) is 10.7 Å². The van der Waals surface area contributed by atoms with E-state index in [0.29, 0.717) is 37.5 Å². The lowest BCUT2D eigenvalue weighted by atomic mass is 9.96. The summed E-state index contributed by atoms with van der Waals surface area (Å²) in [4.78, 5) is 32.7. The summed E-state index contributed by atoms with van der Waals surface area (Å²) in [5.41, 5.74) is 0.587. The fourth-order valence-corrected chi connectivity index (χ4v) is 3.49. The first-order valence-electron chi connectivity index (χ1n) is 8.72. The van der Waals surface area contributed by atoms with Gasteiger partial charge in [0, 0.05) is 44.5 Å². The van der Waals surface area contributed by atoms with Crippen molar-refractivity contribution in [3.8, 4) is 0 Å². The predicted molar refractivity (Wildman–Crippen MR) is 89.9 cm³/mol. The van der Waals surface area contributed by atoms with Crippen molar-refractivity contribution in [2.24, 2.45) is 5.92 Å². The maximum Gasteiger partial charge on any atom is 0.319 e. The molecule has 0 bridgehead atoms. The average Bonchev–Trinajstić information content (AvgIpc) is 3.32. The van der Waals surface area contributed by atoms with Gasteiger partial charge in [0.1, 0.15) is 0 Å². The number of nitrogens with zero attached hydrogens (tertiary/aromatic N) is 6. The molecule has 2 aliphatic heterocycles. The number of amides is 3. The van der Waals surface area contributed by atoms with Gasteiger partial charge in [0.15, 0.2) is 5.65 Å². The van der Waals surface area contributed by atoms with Crippen LogP contribution >= 0.6 is 0 Å². The number of rotatable bonds is 2. The molecule has 0 unspecified atom stereocenters. The third-order valence-electron chi connectivity index (χ3n) is 4.96. The Morgan fingerprint density at radius 3 is 2.52 bits per heavy atom. The molecule has 2 saturated heterocycles. The number of likely N-dealkylation sites (tertiary alicyclic amines) is 2. The lowest BCUT2D eigenvalue weighted by Crippen LogP contribution is -2.47. The molecule has 1 N–H and O–H groups in total. The van der Waals surface area contributed by atoms with Gasteiger partial charge in [-0.3, -0.25) is 19.5 Å². The Balaban J connectivity index is 1.34.